The average molecular weight is 291 g/mol. The molecule has 6 nitrogen and oxygen atoms in total. The molecule has 0 fully saturated rings. The van der Waals surface area contributed by atoms with Crippen LogP contribution in [0.4, 0.5) is 14.9 Å². The topological polar surface area (TPSA) is 98.7 Å². The number of nitrogens with one attached hydrogen (secondary N) is 2. The molecular weight excluding hydrogens is 279 g/mol. The van der Waals surface area contributed by atoms with Crippen molar-refractivity contribution in [3.05, 3.63) is 29.0 Å². The number of aliphatic carboxylic acids is 1. The van der Waals surface area contributed by atoms with Crippen LogP contribution in [0.5, 0.6) is 0 Å². The van der Waals surface area contributed by atoms with Crippen LogP contribution in [0, 0.1) is 5.82 Å². The Labute approximate surface area is 113 Å². The average Bonchev–Trinajstić information content (AvgIpc) is 2.33. The first-order valence-electron chi connectivity index (χ1n) is 5.31. The first-order valence-corrected chi connectivity index (χ1v) is 5.68. The van der Waals surface area contributed by atoms with Crippen LogP contribution in [0.3, 0.4) is 0 Å². The normalized spacial score (nSPS) is 11.7. The minimum Gasteiger partial charge on any atom is -0.479 e. The zero-order chi connectivity index (χ0) is 14.4. The standard InChI is InChI=1S/C11H12ClFN2O4/c12-7-5-6(1-2-8(7)13)15-11(19)14-4-3-9(16)10(17)18/h1-2,5,9,16H,3-4H2,(H,17,18)(H2,14,15,19). The third-order valence-electron chi connectivity index (χ3n) is 2.17. The maximum atomic E-state index is 12.9. The van der Waals surface area contributed by atoms with E-state index in [0.29, 0.717) is 5.69 Å². The molecule has 1 atom stereocenters. The third kappa shape index (κ3) is 5.11. The van der Waals surface area contributed by atoms with E-state index in [4.69, 9.17) is 21.8 Å². The summed E-state index contributed by atoms with van der Waals surface area (Å²) in [7, 11) is 0. The molecular formula is C11H12ClFN2O4. The van der Waals surface area contributed by atoms with E-state index in [9.17, 15) is 14.0 Å². The Hall–Kier alpha value is -1.86. The van der Waals surface area contributed by atoms with Gasteiger partial charge in [-0.05, 0) is 18.2 Å². The predicted octanol–water partition coefficient (Wildman–Crippen LogP) is 1.44. The maximum Gasteiger partial charge on any atom is 0.332 e. The first kappa shape index (κ1) is 15.2. The zero-order valence-electron chi connectivity index (χ0n) is 9.69. The van der Waals surface area contributed by atoms with Gasteiger partial charge in [-0.2, -0.15) is 0 Å². The van der Waals surface area contributed by atoms with Crippen LogP contribution in [-0.2, 0) is 4.79 Å². The molecule has 0 bridgehead atoms. The van der Waals surface area contributed by atoms with Gasteiger partial charge in [-0.3, -0.25) is 0 Å². The van der Waals surface area contributed by atoms with E-state index in [2.05, 4.69) is 10.6 Å². The summed E-state index contributed by atoms with van der Waals surface area (Å²) in [5.41, 5.74) is 0.294. The summed E-state index contributed by atoms with van der Waals surface area (Å²) in [5.74, 6) is -1.95. The quantitative estimate of drug-likeness (QED) is 0.659. The fraction of sp³-hybridized carbons (Fsp3) is 0.273. The van der Waals surface area contributed by atoms with E-state index in [-0.39, 0.29) is 18.0 Å². The van der Waals surface area contributed by atoms with Crippen molar-refractivity contribution in [2.24, 2.45) is 0 Å². The largest absolute Gasteiger partial charge is 0.479 e. The molecule has 8 heteroatoms. The number of aliphatic hydroxyl groups is 1. The first-order chi connectivity index (χ1) is 8.90. The van der Waals surface area contributed by atoms with E-state index in [1.165, 1.54) is 12.1 Å². The minimum atomic E-state index is -1.53. The molecule has 0 radical (unpaired) electrons. The van der Waals surface area contributed by atoms with E-state index in [1.807, 2.05) is 0 Å². The number of aliphatic hydroxyl groups excluding tert-OH is 1. The summed E-state index contributed by atoms with van der Waals surface area (Å²) in [4.78, 5) is 21.7. The molecule has 0 aromatic heterocycles. The third-order valence-corrected chi connectivity index (χ3v) is 2.46. The van der Waals surface area contributed by atoms with Gasteiger partial charge in [0.25, 0.3) is 0 Å². The number of carboxylic acid groups (broad SMARTS) is 1. The Morgan fingerprint density at radius 1 is 1.42 bits per heavy atom. The Balaban J connectivity index is 2.39. The fourth-order valence-electron chi connectivity index (χ4n) is 1.20. The molecule has 4 N–H and O–H groups in total. The molecule has 0 saturated carbocycles. The number of benzene rings is 1. The number of halogens is 2. The van der Waals surface area contributed by atoms with E-state index in [0.717, 1.165) is 6.07 Å². The molecule has 0 spiro atoms. The van der Waals surface area contributed by atoms with Gasteiger partial charge in [0.1, 0.15) is 5.82 Å². The number of urea groups is 1. The minimum absolute atomic E-state index is 0.0196. The molecule has 0 heterocycles. The van der Waals surface area contributed by atoms with Crippen molar-refractivity contribution >= 4 is 29.3 Å². The second-order valence-corrected chi connectivity index (χ2v) is 4.06. The number of anilines is 1. The van der Waals surface area contributed by atoms with Crippen LogP contribution in [-0.4, -0.2) is 34.9 Å². The van der Waals surface area contributed by atoms with Crippen molar-refractivity contribution in [3.63, 3.8) is 0 Å². The highest BCUT2D eigenvalue weighted by Crippen LogP contribution is 2.19. The van der Waals surface area contributed by atoms with Crippen molar-refractivity contribution in [3.8, 4) is 0 Å². The Bertz CT molecular complexity index is 484. The summed E-state index contributed by atoms with van der Waals surface area (Å²) in [6, 6.07) is 3.06. The molecule has 2 amide bonds. The highest BCUT2D eigenvalue weighted by molar-refractivity contribution is 6.31. The lowest BCUT2D eigenvalue weighted by Gasteiger charge is -2.09. The van der Waals surface area contributed by atoms with Gasteiger partial charge in [-0.1, -0.05) is 11.6 Å². The summed E-state index contributed by atoms with van der Waals surface area (Å²) in [6.07, 6.45) is -1.65. The van der Waals surface area contributed by atoms with E-state index in [1.54, 1.807) is 0 Å². The molecule has 0 aliphatic carbocycles. The van der Waals surface area contributed by atoms with Gasteiger partial charge in [-0.15, -0.1) is 0 Å². The number of rotatable bonds is 5. The van der Waals surface area contributed by atoms with Gasteiger partial charge in [0.05, 0.1) is 5.02 Å². The summed E-state index contributed by atoms with van der Waals surface area (Å²) < 4.78 is 12.9. The van der Waals surface area contributed by atoms with Gasteiger partial charge < -0.3 is 20.8 Å². The van der Waals surface area contributed by atoms with Crippen molar-refractivity contribution < 1.29 is 24.2 Å². The second-order valence-electron chi connectivity index (χ2n) is 3.65. The smallest absolute Gasteiger partial charge is 0.332 e. The number of hydrogen-bond acceptors (Lipinski definition) is 3. The van der Waals surface area contributed by atoms with Gasteiger partial charge in [0.2, 0.25) is 0 Å². The van der Waals surface area contributed by atoms with E-state index < -0.39 is 23.9 Å². The molecule has 0 saturated heterocycles. The lowest BCUT2D eigenvalue weighted by molar-refractivity contribution is -0.146. The predicted molar refractivity (Wildman–Crippen MR) is 66.7 cm³/mol. The summed E-state index contributed by atoms with van der Waals surface area (Å²) >= 11 is 5.53. The molecule has 1 aromatic carbocycles. The molecule has 0 aliphatic rings. The maximum absolute atomic E-state index is 12.9. The SMILES string of the molecule is O=C(NCCC(O)C(=O)O)Nc1ccc(F)c(Cl)c1. The molecule has 1 aromatic rings. The van der Waals surface area contributed by atoms with Crippen LogP contribution in [0.25, 0.3) is 0 Å². The van der Waals surface area contributed by atoms with Crippen LogP contribution in [0.1, 0.15) is 6.42 Å². The van der Waals surface area contributed by atoms with Crippen LogP contribution in [0.15, 0.2) is 18.2 Å². The van der Waals surface area contributed by atoms with Gasteiger partial charge >= 0.3 is 12.0 Å². The molecule has 1 unspecified atom stereocenters. The van der Waals surface area contributed by atoms with Gasteiger partial charge in [-0.25, -0.2) is 14.0 Å². The number of amides is 2. The van der Waals surface area contributed by atoms with Crippen molar-refractivity contribution in [1.82, 2.24) is 5.32 Å². The summed E-state index contributed by atoms with van der Waals surface area (Å²) in [6.45, 7) is -0.0196. The van der Waals surface area contributed by atoms with Crippen molar-refractivity contribution in [2.75, 3.05) is 11.9 Å². The lowest BCUT2D eigenvalue weighted by atomic mass is 10.2. The Kier molecular flexibility index (Phi) is 5.53. The van der Waals surface area contributed by atoms with Crippen molar-refractivity contribution in [1.29, 1.82) is 0 Å². The van der Waals surface area contributed by atoms with E-state index >= 15 is 0 Å². The Morgan fingerprint density at radius 2 is 2.11 bits per heavy atom. The lowest BCUT2D eigenvalue weighted by Crippen LogP contribution is -2.33. The number of hydrogen-bond donors (Lipinski definition) is 4. The number of carbonyl (C=O) groups is 2. The molecule has 0 aliphatic heterocycles. The van der Waals surface area contributed by atoms with Crippen LogP contribution < -0.4 is 10.6 Å². The highest BCUT2D eigenvalue weighted by atomic mass is 35.5. The van der Waals surface area contributed by atoms with Gasteiger partial charge in [0, 0.05) is 18.7 Å². The van der Waals surface area contributed by atoms with Crippen LogP contribution >= 0.6 is 11.6 Å². The number of carboxylic acids is 1. The highest BCUT2D eigenvalue weighted by Gasteiger charge is 2.12. The number of carbonyl (C=O) groups excluding carboxylic acids is 1. The van der Waals surface area contributed by atoms with Crippen molar-refractivity contribution in [2.45, 2.75) is 12.5 Å². The fourth-order valence-corrected chi connectivity index (χ4v) is 1.38. The Morgan fingerprint density at radius 3 is 2.68 bits per heavy atom. The summed E-state index contributed by atoms with van der Waals surface area (Å²) in [5, 5.41) is 22.0. The van der Waals surface area contributed by atoms with Crippen LogP contribution in [0.2, 0.25) is 5.02 Å². The molecule has 19 heavy (non-hydrogen) atoms. The molecule has 104 valence electrons. The molecule has 1 rings (SSSR count). The van der Waals surface area contributed by atoms with Gasteiger partial charge in [0.15, 0.2) is 6.10 Å². The second kappa shape index (κ2) is 6.91. The monoisotopic (exact) mass is 290 g/mol. The zero-order valence-corrected chi connectivity index (χ0v) is 10.4.